The molecule has 120 valence electrons. The lowest BCUT2D eigenvalue weighted by molar-refractivity contribution is -0.225. The van der Waals surface area contributed by atoms with E-state index in [1.165, 1.54) is 37.7 Å². The quantitative estimate of drug-likeness (QED) is 0.632. The van der Waals surface area contributed by atoms with Crippen LogP contribution in [-0.4, -0.2) is 19.0 Å². The molecule has 0 radical (unpaired) electrons. The summed E-state index contributed by atoms with van der Waals surface area (Å²) in [6, 6.07) is 0. The van der Waals surface area contributed by atoms with E-state index in [-0.39, 0.29) is 11.2 Å². The van der Waals surface area contributed by atoms with Crippen LogP contribution in [0, 0.1) is 11.3 Å². The molecule has 2 heteroatoms. The maximum Gasteiger partial charge on any atom is 0.174 e. The molecule has 2 unspecified atom stereocenters. The van der Waals surface area contributed by atoms with Gasteiger partial charge < -0.3 is 9.47 Å². The Kier molecular flexibility index (Phi) is 3.39. The molecule has 0 aromatic carbocycles. The number of hydrogen-bond acceptors (Lipinski definition) is 2. The van der Waals surface area contributed by atoms with Gasteiger partial charge in [-0.15, -0.1) is 0 Å². The second-order valence-corrected chi connectivity index (χ2v) is 7.48. The molecule has 22 heavy (non-hydrogen) atoms. The van der Waals surface area contributed by atoms with Crippen LogP contribution in [-0.2, 0) is 9.47 Å². The lowest BCUT2D eigenvalue weighted by Crippen LogP contribution is -2.48. The summed E-state index contributed by atoms with van der Waals surface area (Å²) >= 11 is 0. The van der Waals surface area contributed by atoms with E-state index >= 15 is 0 Å². The van der Waals surface area contributed by atoms with Crippen molar-refractivity contribution in [2.24, 2.45) is 11.3 Å². The van der Waals surface area contributed by atoms with Crippen LogP contribution in [0.4, 0.5) is 0 Å². The Bertz CT molecular complexity index is 575. The first-order chi connectivity index (χ1) is 10.6. The van der Waals surface area contributed by atoms with E-state index in [1.54, 1.807) is 16.7 Å². The van der Waals surface area contributed by atoms with Crippen LogP contribution in [0.3, 0.4) is 0 Å². The minimum Gasteiger partial charge on any atom is -0.347 e. The Hall–Kier alpha value is -0.860. The number of hydrogen-bond donors (Lipinski definition) is 0. The first-order valence-corrected chi connectivity index (χ1v) is 8.97. The van der Waals surface area contributed by atoms with E-state index in [9.17, 15) is 0 Å². The molecule has 0 N–H and O–H groups in total. The molecular weight excluding hydrogens is 272 g/mol. The Balaban J connectivity index is 1.77. The van der Waals surface area contributed by atoms with Gasteiger partial charge in [-0.3, -0.25) is 0 Å². The largest absolute Gasteiger partial charge is 0.347 e. The summed E-state index contributed by atoms with van der Waals surface area (Å²) in [4.78, 5) is 0. The van der Waals surface area contributed by atoms with E-state index in [4.69, 9.17) is 9.47 Å². The molecule has 2 atom stereocenters. The van der Waals surface area contributed by atoms with E-state index in [2.05, 4.69) is 32.9 Å². The van der Waals surface area contributed by atoms with Crippen molar-refractivity contribution >= 4 is 0 Å². The first kappa shape index (κ1) is 14.7. The van der Waals surface area contributed by atoms with E-state index < -0.39 is 0 Å². The van der Waals surface area contributed by atoms with Crippen molar-refractivity contribution in [3.63, 3.8) is 0 Å². The molecule has 3 aliphatic carbocycles. The second kappa shape index (κ2) is 5.07. The Labute approximate surface area is 134 Å². The maximum atomic E-state index is 6.18. The monoisotopic (exact) mass is 300 g/mol. The molecular formula is C20H28O2. The normalized spacial score (nSPS) is 40.6. The van der Waals surface area contributed by atoms with Crippen LogP contribution in [0.2, 0.25) is 0 Å². The molecule has 1 heterocycles. The average molecular weight is 300 g/mol. The van der Waals surface area contributed by atoms with Gasteiger partial charge in [-0.25, -0.2) is 0 Å². The fraction of sp³-hybridized carbons (Fsp3) is 0.700. The van der Waals surface area contributed by atoms with Crippen LogP contribution >= 0.6 is 0 Å². The molecule has 1 aliphatic heterocycles. The summed E-state index contributed by atoms with van der Waals surface area (Å²) in [5.74, 6) is 0.371. The minimum absolute atomic E-state index is 0.175. The van der Waals surface area contributed by atoms with Crippen LogP contribution in [0.15, 0.2) is 34.4 Å². The molecule has 2 nitrogen and oxygen atoms in total. The van der Waals surface area contributed by atoms with Gasteiger partial charge >= 0.3 is 0 Å². The van der Waals surface area contributed by atoms with Gasteiger partial charge in [-0.1, -0.05) is 24.6 Å². The van der Waals surface area contributed by atoms with Gasteiger partial charge in [0, 0.05) is 11.8 Å². The number of ether oxygens (including phenoxy) is 2. The maximum absolute atomic E-state index is 6.18. The number of allylic oxidation sites excluding steroid dienone is 6. The van der Waals surface area contributed by atoms with Crippen molar-refractivity contribution < 1.29 is 9.47 Å². The van der Waals surface area contributed by atoms with Crippen molar-refractivity contribution in [3.8, 4) is 0 Å². The number of fused-ring (bicyclic) bond motifs is 3. The van der Waals surface area contributed by atoms with Crippen LogP contribution in [0.5, 0.6) is 0 Å². The molecule has 0 aromatic rings. The molecule has 0 amide bonds. The summed E-state index contributed by atoms with van der Waals surface area (Å²) in [6.45, 7) is 8.36. The van der Waals surface area contributed by atoms with E-state index in [0.29, 0.717) is 5.92 Å². The highest BCUT2D eigenvalue weighted by Gasteiger charge is 2.63. The molecule has 1 spiro atoms. The fourth-order valence-corrected chi connectivity index (χ4v) is 5.70. The van der Waals surface area contributed by atoms with Gasteiger partial charge in [-0.05, 0) is 68.6 Å². The molecule has 4 aliphatic rings. The van der Waals surface area contributed by atoms with Gasteiger partial charge in [0.1, 0.15) is 0 Å². The predicted molar refractivity (Wildman–Crippen MR) is 88.5 cm³/mol. The predicted octanol–water partition coefficient (Wildman–Crippen LogP) is 4.92. The second-order valence-electron chi connectivity index (χ2n) is 7.48. The Morgan fingerprint density at radius 3 is 2.45 bits per heavy atom. The highest BCUT2D eigenvalue weighted by Crippen LogP contribution is 2.64. The third kappa shape index (κ3) is 1.74. The Morgan fingerprint density at radius 2 is 1.77 bits per heavy atom. The minimum atomic E-state index is -0.285. The van der Waals surface area contributed by atoms with Crippen LogP contribution < -0.4 is 0 Å². The standard InChI is InChI=1S/C20H28O2/c1-4-14-6-7-17-16(15(14)5-2)8-10-19(3)18(17)9-11-20(19)21-12-13-22-20/h4-5,18H,6-13H2,1-3H3. The van der Waals surface area contributed by atoms with Gasteiger partial charge in [0.15, 0.2) is 5.79 Å². The highest BCUT2D eigenvalue weighted by atomic mass is 16.7. The number of rotatable bonds is 0. The van der Waals surface area contributed by atoms with Crippen molar-refractivity contribution in [1.29, 1.82) is 0 Å². The lowest BCUT2D eigenvalue weighted by atomic mass is 9.61. The first-order valence-electron chi connectivity index (χ1n) is 8.97. The van der Waals surface area contributed by atoms with Gasteiger partial charge in [0.2, 0.25) is 0 Å². The molecule has 0 aromatic heterocycles. The van der Waals surface area contributed by atoms with Crippen LogP contribution in [0.1, 0.15) is 59.3 Å². The Morgan fingerprint density at radius 1 is 1.00 bits per heavy atom. The topological polar surface area (TPSA) is 18.5 Å². The smallest absolute Gasteiger partial charge is 0.174 e. The zero-order valence-electron chi connectivity index (χ0n) is 14.2. The molecule has 4 rings (SSSR count). The summed E-state index contributed by atoms with van der Waals surface area (Å²) in [6.07, 6.45) is 11.8. The summed E-state index contributed by atoms with van der Waals surface area (Å²) in [5, 5.41) is 0. The summed E-state index contributed by atoms with van der Waals surface area (Å²) in [7, 11) is 0. The fourth-order valence-electron chi connectivity index (χ4n) is 5.70. The van der Waals surface area contributed by atoms with E-state index in [1.807, 2.05) is 0 Å². The third-order valence-corrected chi connectivity index (χ3v) is 6.83. The highest BCUT2D eigenvalue weighted by molar-refractivity contribution is 5.54. The SMILES string of the molecule is CC=C1CCC2=C(CCC3(C)C2CCC32OCCO2)C1=CC. The summed E-state index contributed by atoms with van der Waals surface area (Å²) in [5.41, 5.74) is 6.63. The molecule has 0 bridgehead atoms. The van der Waals surface area contributed by atoms with Gasteiger partial charge in [-0.2, -0.15) is 0 Å². The zero-order valence-corrected chi connectivity index (χ0v) is 14.2. The average Bonchev–Trinajstić information content (AvgIpc) is 3.13. The van der Waals surface area contributed by atoms with Crippen LogP contribution in [0.25, 0.3) is 0 Å². The van der Waals surface area contributed by atoms with Crippen molar-refractivity contribution in [3.05, 3.63) is 34.4 Å². The molecule has 1 saturated carbocycles. The lowest BCUT2D eigenvalue weighted by Gasteiger charge is -2.48. The van der Waals surface area contributed by atoms with Crippen molar-refractivity contribution in [2.45, 2.75) is 65.1 Å². The summed E-state index contributed by atoms with van der Waals surface area (Å²) < 4.78 is 12.4. The molecule has 2 fully saturated rings. The molecule has 1 saturated heterocycles. The van der Waals surface area contributed by atoms with Crippen molar-refractivity contribution in [1.82, 2.24) is 0 Å². The third-order valence-electron chi connectivity index (χ3n) is 6.83. The van der Waals surface area contributed by atoms with Crippen molar-refractivity contribution in [2.75, 3.05) is 13.2 Å². The zero-order chi connectivity index (χ0) is 15.4. The van der Waals surface area contributed by atoms with Gasteiger partial charge in [0.25, 0.3) is 0 Å². The van der Waals surface area contributed by atoms with E-state index in [0.717, 1.165) is 19.6 Å². The van der Waals surface area contributed by atoms with Gasteiger partial charge in [0.05, 0.1) is 13.2 Å².